The number of benzene rings is 2. The van der Waals surface area contributed by atoms with Crippen molar-refractivity contribution in [2.24, 2.45) is 11.8 Å². The van der Waals surface area contributed by atoms with E-state index in [1.54, 1.807) is 14.2 Å². The molecule has 1 aliphatic carbocycles. The molecule has 0 spiro atoms. The van der Waals surface area contributed by atoms with Crippen LogP contribution in [0.3, 0.4) is 0 Å². The van der Waals surface area contributed by atoms with Crippen molar-refractivity contribution in [1.82, 2.24) is 5.32 Å². The van der Waals surface area contributed by atoms with Gasteiger partial charge in [0, 0.05) is 35.0 Å². The van der Waals surface area contributed by atoms with E-state index < -0.39 is 0 Å². The topological polar surface area (TPSA) is 47.6 Å². The zero-order valence-electron chi connectivity index (χ0n) is 15.3. The lowest BCUT2D eigenvalue weighted by Crippen LogP contribution is -2.50. The number of ketones is 1. The van der Waals surface area contributed by atoms with Crippen molar-refractivity contribution >= 4 is 5.78 Å². The SMILES string of the molecule is COc1ccccc1[C@H]1N[C@@H](c2ccccc2OC)[C@H]2CCC[C@@H]1C2=O. The summed E-state index contributed by atoms with van der Waals surface area (Å²) in [6.07, 6.45) is 2.95. The van der Waals surface area contributed by atoms with E-state index in [1.165, 1.54) is 0 Å². The average Bonchev–Trinajstić information content (AvgIpc) is 2.68. The molecule has 1 aliphatic heterocycles. The summed E-state index contributed by atoms with van der Waals surface area (Å²) in [5.74, 6) is 2.06. The molecule has 1 heterocycles. The molecule has 4 nitrogen and oxygen atoms in total. The minimum absolute atomic E-state index is 0.0102. The standard InChI is InChI=1S/C22H25NO3/c1-25-18-12-5-3-8-14(18)20-16-10-7-11-17(22(16)24)21(23-20)15-9-4-6-13-19(15)26-2/h3-6,8-9,12-13,16-17,20-21,23H,7,10-11H2,1-2H3/t16-,17+,20+,21-. The first-order valence-corrected chi connectivity index (χ1v) is 9.30. The van der Waals surface area contributed by atoms with Crippen molar-refractivity contribution in [3.05, 3.63) is 59.7 Å². The predicted molar refractivity (Wildman–Crippen MR) is 100 cm³/mol. The van der Waals surface area contributed by atoms with Crippen LogP contribution in [0.25, 0.3) is 0 Å². The number of para-hydroxylation sites is 2. The molecule has 2 aromatic carbocycles. The van der Waals surface area contributed by atoms with E-state index in [2.05, 4.69) is 17.4 Å². The van der Waals surface area contributed by atoms with Gasteiger partial charge in [-0.2, -0.15) is 0 Å². The summed E-state index contributed by atoms with van der Waals surface area (Å²) in [5.41, 5.74) is 2.13. The summed E-state index contributed by atoms with van der Waals surface area (Å²) in [6, 6.07) is 15.9. The Bertz CT molecular complexity index is 740. The van der Waals surface area contributed by atoms with Crippen molar-refractivity contribution in [1.29, 1.82) is 0 Å². The molecule has 0 unspecified atom stereocenters. The summed E-state index contributed by atoms with van der Waals surface area (Å²) in [6.45, 7) is 0. The predicted octanol–water partition coefficient (Wildman–Crippen LogP) is 4.07. The summed E-state index contributed by atoms with van der Waals surface area (Å²) >= 11 is 0. The van der Waals surface area contributed by atoms with Crippen LogP contribution in [0.15, 0.2) is 48.5 Å². The van der Waals surface area contributed by atoms with Gasteiger partial charge in [-0.1, -0.05) is 42.8 Å². The Morgan fingerprint density at radius 2 is 1.27 bits per heavy atom. The van der Waals surface area contributed by atoms with E-state index in [9.17, 15) is 4.79 Å². The number of carbonyl (C=O) groups is 1. The van der Waals surface area contributed by atoms with Crippen molar-refractivity contribution in [3.63, 3.8) is 0 Å². The molecule has 4 heteroatoms. The zero-order chi connectivity index (χ0) is 18.1. The molecular formula is C22H25NO3. The van der Waals surface area contributed by atoms with Gasteiger partial charge in [-0.3, -0.25) is 4.79 Å². The van der Waals surface area contributed by atoms with Gasteiger partial charge in [-0.05, 0) is 25.0 Å². The van der Waals surface area contributed by atoms with Gasteiger partial charge in [0.25, 0.3) is 0 Å². The molecule has 4 rings (SSSR count). The maximum atomic E-state index is 13.3. The third-order valence-corrected chi connectivity index (χ3v) is 5.87. The Morgan fingerprint density at radius 3 is 1.73 bits per heavy atom. The van der Waals surface area contributed by atoms with E-state index >= 15 is 0 Å². The lowest BCUT2D eigenvalue weighted by Gasteiger charge is -2.45. The van der Waals surface area contributed by atoms with Gasteiger partial charge in [0.05, 0.1) is 14.2 Å². The molecule has 2 bridgehead atoms. The molecule has 2 aliphatic rings. The Kier molecular flexibility index (Phi) is 4.68. The van der Waals surface area contributed by atoms with Crippen LogP contribution in [0.1, 0.15) is 42.5 Å². The highest BCUT2D eigenvalue weighted by atomic mass is 16.5. The van der Waals surface area contributed by atoms with Crippen molar-refractivity contribution < 1.29 is 14.3 Å². The van der Waals surface area contributed by atoms with Gasteiger partial charge in [0.15, 0.2) is 0 Å². The Labute approximate surface area is 154 Å². The molecule has 1 N–H and O–H groups in total. The van der Waals surface area contributed by atoms with E-state index in [0.29, 0.717) is 5.78 Å². The third kappa shape index (κ3) is 2.78. The molecule has 4 atom stereocenters. The highest BCUT2D eigenvalue weighted by Crippen LogP contribution is 2.48. The minimum atomic E-state index is -0.0369. The lowest BCUT2D eigenvalue weighted by atomic mass is 9.67. The van der Waals surface area contributed by atoms with Crippen molar-refractivity contribution in [3.8, 4) is 11.5 Å². The molecule has 2 fully saturated rings. The number of nitrogens with one attached hydrogen (secondary N) is 1. The van der Waals surface area contributed by atoms with Crippen LogP contribution in [-0.2, 0) is 4.79 Å². The van der Waals surface area contributed by atoms with Crippen LogP contribution in [0.2, 0.25) is 0 Å². The number of hydrogen-bond acceptors (Lipinski definition) is 4. The van der Waals surface area contributed by atoms with Gasteiger partial charge in [0.1, 0.15) is 17.3 Å². The highest BCUT2D eigenvalue weighted by Gasteiger charge is 2.47. The quantitative estimate of drug-likeness (QED) is 0.902. The largest absolute Gasteiger partial charge is 0.496 e. The van der Waals surface area contributed by atoms with Crippen LogP contribution >= 0.6 is 0 Å². The van der Waals surface area contributed by atoms with E-state index in [4.69, 9.17) is 9.47 Å². The number of fused-ring (bicyclic) bond motifs is 2. The molecule has 0 aromatic heterocycles. The summed E-state index contributed by atoms with van der Waals surface area (Å²) < 4.78 is 11.2. The fourth-order valence-corrected chi connectivity index (χ4v) is 4.66. The fraction of sp³-hybridized carbons (Fsp3) is 0.409. The number of carbonyl (C=O) groups excluding carboxylic acids is 1. The summed E-state index contributed by atoms with van der Waals surface area (Å²) in [7, 11) is 3.37. The number of ether oxygens (including phenoxy) is 2. The second-order valence-electron chi connectivity index (χ2n) is 7.15. The highest BCUT2D eigenvalue weighted by molar-refractivity contribution is 5.87. The smallest absolute Gasteiger partial charge is 0.142 e. The van der Waals surface area contributed by atoms with Gasteiger partial charge >= 0.3 is 0 Å². The van der Waals surface area contributed by atoms with E-state index in [-0.39, 0.29) is 23.9 Å². The third-order valence-electron chi connectivity index (χ3n) is 5.87. The van der Waals surface area contributed by atoms with Crippen LogP contribution < -0.4 is 14.8 Å². The number of methoxy groups -OCH3 is 2. The molecule has 0 amide bonds. The van der Waals surface area contributed by atoms with Crippen LogP contribution in [-0.4, -0.2) is 20.0 Å². The first kappa shape index (κ1) is 17.1. The summed E-state index contributed by atoms with van der Waals surface area (Å²) in [5, 5.41) is 3.79. The molecule has 2 aromatic rings. The number of piperidine rings is 1. The number of rotatable bonds is 4. The molecule has 1 saturated carbocycles. The lowest BCUT2D eigenvalue weighted by molar-refractivity contribution is -0.135. The maximum absolute atomic E-state index is 13.3. The second kappa shape index (κ2) is 7.12. The molecule has 136 valence electrons. The molecular weight excluding hydrogens is 326 g/mol. The van der Waals surface area contributed by atoms with Crippen LogP contribution in [0, 0.1) is 11.8 Å². The molecule has 0 radical (unpaired) electrons. The summed E-state index contributed by atoms with van der Waals surface area (Å²) in [4.78, 5) is 13.3. The fourth-order valence-electron chi connectivity index (χ4n) is 4.66. The molecule has 26 heavy (non-hydrogen) atoms. The van der Waals surface area contributed by atoms with Crippen molar-refractivity contribution in [2.75, 3.05) is 14.2 Å². The average molecular weight is 351 g/mol. The Balaban J connectivity index is 1.78. The first-order valence-electron chi connectivity index (χ1n) is 9.30. The Hall–Kier alpha value is -2.33. The van der Waals surface area contributed by atoms with Gasteiger partial charge < -0.3 is 14.8 Å². The Morgan fingerprint density at radius 1 is 0.808 bits per heavy atom. The second-order valence-corrected chi connectivity index (χ2v) is 7.15. The van der Waals surface area contributed by atoms with Gasteiger partial charge in [0.2, 0.25) is 0 Å². The van der Waals surface area contributed by atoms with E-state index in [1.807, 2.05) is 36.4 Å². The first-order chi connectivity index (χ1) is 12.7. The van der Waals surface area contributed by atoms with Gasteiger partial charge in [-0.25, -0.2) is 0 Å². The van der Waals surface area contributed by atoms with Crippen molar-refractivity contribution in [2.45, 2.75) is 31.3 Å². The van der Waals surface area contributed by atoms with Crippen LogP contribution in [0.5, 0.6) is 11.5 Å². The monoisotopic (exact) mass is 351 g/mol. The minimum Gasteiger partial charge on any atom is -0.496 e. The number of Topliss-reactive ketones (excluding diaryl/α,β-unsaturated/α-hetero) is 1. The van der Waals surface area contributed by atoms with Gasteiger partial charge in [-0.15, -0.1) is 0 Å². The van der Waals surface area contributed by atoms with Crippen LogP contribution in [0.4, 0.5) is 0 Å². The molecule has 1 saturated heterocycles. The zero-order valence-corrected chi connectivity index (χ0v) is 15.3. The van der Waals surface area contributed by atoms with E-state index in [0.717, 1.165) is 41.9 Å². The normalized spacial score (nSPS) is 27.8. The number of hydrogen-bond donors (Lipinski definition) is 1. The maximum Gasteiger partial charge on any atom is 0.142 e.